The van der Waals surface area contributed by atoms with Crippen LogP contribution in [0.5, 0.6) is 0 Å². The lowest BCUT2D eigenvalue weighted by atomic mass is 10.0. The molecule has 0 aliphatic carbocycles. The van der Waals surface area contributed by atoms with Gasteiger partial charge in [0.05, 0.1) is 5.69 Å². The molecule has 0 atom stereocenters. The van der Waals surface area contributed by atoms with Crippen LogP contribution in [0.3, 0.4) is 0 Å². The van der Waals surface area contributed by atoms with E-state index in [-0.39, 0.29) is 5.57 Å². The molecule has 126 valence electrons. The van der Waals surface area contributed by atoms with Gasteiger partial charge in [0.25, 0.3) is 11.8 Å². The number of nitrogens with zero attached hydrogens (tertiary/aromatic N) is 1. The highest BCUT2D eigenvalue weighted by molar-refractivity contribution is 6.39. The molecular formula is C20H18N2O3. The third-order valence-electron chi connectivity index (χ3n) is 4.34. The zero-order chi connectivity index (χ0) is 18.1. The third-order valence-corrected chi connectivity index (χ3v) is 4.34. The first-order valence-corrected chi connectivity index (χ1v) is 7.93. The molecule has 1 fully saturated rings. The lowest BCUT2D eigenvalue weighted by Gasteiger charge is -2.27. The first kappa shape index (κ1) is 16.6. The van der Waals surface area contributed by atoms with E-state index in [0.717, 1.165) is 27.2 Å². The molecule has 5 heteroatoms. The average molecular weight is 334 g/mol. The maximum absolute atomic E-state index is 12.8. The van der Waals surface area contributed by atoms with E-state index in [1.807, 2.05) is 51.1 Å². The van der Waals surface area contributed by atoms with Gasteiger partial charge in [-0.1, -0.05) is 30.3 Å². The highest BCUT2D eigenvalue weighted by Crippen LogP contribution is 2.24. The zero-order valence-corrected chi connectivity index (χ0v) is 14.3. The van der Waals surface area contributed by atoms with Gasteiger partial charge in [-0.3, -0.25) is 14.9 Å². The van der Waals surface area contributed by atoms with Gasteiger partial charge >= 0.3 is 6.03 Å². The second-order valence-electron chi connectivity index (χ2n) is 6.08. The Balaban J connectivity index is 2.05. The maximum Gasteiger partial charge on any atom is 0.335 e. The summed E-state index contributed by atoms with van der Waals surface area (Å²) >= 11 is 0. The predicted molar refractivity (Wildman–Crippen MR) is 96.1 cm³/mol. The number of barbiturate groups is 1. The molecule has 4 amide bonds. The summed E-state index contributed by atoms with van der Waals surface area (Å²) in [5.41, 5.74) is 4.08. The molecule has 5 nitrogen and oxygen atoms in total. The average Bonchev–Trinajstić information content (AvgIpc) is 2.56. The van der Waals surface area contributed by atoms with Gasteiger partial charge in [0, 0.05) is 0 Å². The standard InChI is InChI=1S/C20H18N2O3/c1-12-8-9-16(10-14(12)3)22-19(24)17(18(23)21-20(22)25)11-15-7-5-4-6-13(15)2/h4-11H,1-3H3,(H,21,23,25)/b17-11+. The summed E-state index contributed by atoms with van der Waals surface area (Å²) in [5, 5.41) is 2.24. The molecule has 0 radical (unpaired) electrons. The normalized spacial score (nSPS) is 16.4. The van der Waals surface area contributed by atoms with Crippen molar-refractivity contribution >= 4 is 29.6 Å². The van der Waals surface area contributed by atoms with Gasteiger partial charge in [-0.25, -0.2) is 9.69 Å². The number of urea groups is 1. The van der Waals surface area contributed by atoms with Gasteiger partial charge in [-0.15, -0.1) is 0 Å². The van der Waals surface area contributed by atoms with E-state index in [1.54, 1.807) is 12.1 Å². The van der Waals surface area contributed by atoms with Gasteiger partial charge in [0.15, 0.2) is 0 Å². The van der Waals surface area contributed by atoms with Gasteiger partial charge in [0.1, 0.15) is 5.57 Å². The van der Waals surface area contributed by atoms with Gasteiger partial charge in [-0.05, 0) is 61.2 Å². The largest absolute Gasteiger partial charge is 0.335 e. The van der Waals surface area contributed by atoms with Crippen LogP contribution < -0.4 is 10.2 Å². The fourth-order valence-corrected chi connectivity index (χ4v) is 2.66. The van der Waals surface area contributed by atoms with Crippen LogP contribution in [0, 0.1) is 20.8 Å². The van der Waals surface area contributed by atoms with Gasteiger partial charge in [-0.2, -0.15) is 0 Å². The Bertz CT molecular complexity index is 928. The number of carbonyl (C=O) groups is 3. The van der Waals surface area contributed by atoms with Gasteiger partial charge < -0.3 is 0 Å². The van der Waals surface area contributed by atoms with Crippen molar-refractivity contribution < 1.29 is 14.4 Å². The monoisotopic (exact) mass is 334 g/mol. The van der Waals surface area contributed by atoms with Crippen molar-refractivity contribution in [3.63, 3.8) is 0 Å². The number of imide groups is 2. The van der Waals surface area contributed by atoms with Crippen LogP contribution in [0.1, 0.15) is 22.3 Å². The van der Waals surface area contributed by atoms with Crippen LogP contribution in [0.15, 0.2) is 48.0 Å². The first-order chi connectivity index (χ1) is 11.9. The Morgan fingerprint density at radius 3 is 2.28 bits per heavy atom. The van der Waals surface area contributed by atoms with E-state index in [1.165, 1.54) is 6.08 Å². The quantitative estimate of drug-likeness (QED) is 0.677. The van der Waals surface area contributed by atoms with Crippen molar-refractivity contribution in [2.24, 2.45) is 0 Å². The Labute approximate surface area is 146 Å². The Hall–Kier alpha value is -3.21. The molecule has 0 unspecified atom stereocenters. The zero-order valence-electron chi connectivity index (χ0n) is 14.3. The van der Waals surface area contributed by atoms with E-state index in [2.05, 4.69) is 5.32 Å². The minimum atomic E-state index is -0.736. The van der Waals surface area contributed by atoms with Crippen LogP contribution in [-0.4, -0.2) is 17.8 Å². The Morgan fingerprint density at radius 2 is 1.60 bits per heavy atom. The minimum absolute atomic E-state index is 0.0628. The number of hydrogen-bond acceptors (Lipinski definition) is 3. The molecule has 0 saturated carbocycles. The number of anilines is 1. The summed E-state index contributed by atoms with van der Waals surface area (Å²) in [7, 11) is 0. The van der Waals surface area contributed by atoms with Gasteiger partial charge in [0.2, 0.25) is 0 Å². The molecule has 1 saturated heterocycles. The van der Waals surface area contributed by atoms with E-state index in [9.17, 15) is 14.4 Å². The van der Waals surface area contributed by atoms with E-state index >= 15 is 0 Å². The smallest absolute Gasteiger partial charge is 0.273 e. The summed E-state index contributed by atoms with van der Waals surface area (Å²) in [6.07, 6.45) is 1.52. The SMILES string of the molecule is Cc1ccc(N2C(=O)NC(=O)/C(=C\c3ccccc3C)C2=O)cc1C. The highest BCUT2D eigenvalue weighted by Gasteiger charge is 2.36. The summed E-state index contributed by atoms with van der Waals surface area (Å²) < 4.78 is 0. The van der Waals surface area contributed by atoms with Crippen LogP contribution >= 0.6 is 0 Å². The van der Waals surface area contributed by atoms with E-state index in [0.29, 0.717) is 5.69 Å². The lowest BCUT2D eigenvalue weighted by molar-refractivity contribution is -0.122. The fourth-order valence-electron chi connectivity index (χ4n) is 2.66. The van der Waals surface area contributed by atoms with E-state index < -0.39 is 17.8 Å². The molecule has 3 rings (SSSR count). The second-order valence-corrected chi connectivity index (χ2v) is 6.08. The van der Waals surface area contributed by atoms with Crippen molar-refractivity contribution in [2.75, 3.05) is 4.90 Å². The van der Waals surface area contributed by atoms with Crippen molar-refractivity contribution in [1.82, 2.24) is 5.32 Å². The minimum Gasteiger partial charge on any atom is -0.273 e. The predicted octanol–water partition coefficient (Wildman–Crippen LogP) is 3.28. The molecule has 25 heavy (non-hydrogen) atoms. The van der Waals surface area contributed by atoms with Crippen LogP contribution in [0.4, 0.5) is 10.5 Å². The summed E-state index contributed by atoms with van der Waals surface area (Å²) in [4.78, 5) is 38.2. The number of hydrogen-bond donors (Lipinski definition) is 1. The third kappa shape index (κ3) is 3.08. The fraction of sp³-hybridized carbons (Fsp3) is 0.150. The topological polar surface area (TPSA) is 66.5 Å². The van der Waals surface area contributed by atoms with Crippen molar-refractivity contribution in [1.29, 1.82) is 0 Å². The first-order valence-electron chi connectivity index (χ1n) is 7.93. The molecule has 0 spiro atoms. The van der Waals surface area contributed by atoms with Crippen LogP contribution in [0.2, 0.25) is 0 Å². The maximum atomic E-state index is 12.8. The van der Waals surface area contributed by atoms with Crippen molar-refractivity contribution in [3.8, 4) is 0 Å². The Kier molecular flexibility index (Phi) is 4.23. The highest BCUT2D eigenvalue weighted by atomic mass is 16.2. The molecule has 1 N–H and O–H groups in total. The number of rotatable bonds is 2. The number of aryl methyl sites for hydroxylation is 3. The molecule has 0 bridgehead atoms. The molecule has 1 heterocycles. The molecule has 2 aromatic rings. The molecular weight excluding hydrogens is 316 g/mol. The van der Waals surface area contributed by atoms with E-state index in [4.69, 9.17) is 0 Å². The number of benzene rings is 2. The summed E-state index contributed by atoms with van der Waals surface area (Å²) in [5.74, 6) is -1.31. The van der Waals surface area contributed by atoms with Crippen molar-refractivity contribution in [2.45, 2.75) is 20.8 Å². The lowest BCUT2D eigenvalue weighted by Crippen LogP contribution is -2.54. The summed E-state index contributed by atoms with van der Waals surface area (Å²) in [6, 6.07) is 12.0. The van der Waals surface area contributed by atoms with Crippen LogP contribution in [-0.2, 0) is 9.59 Å². The molecule has 2 aromatic carbocycles. The number of carbonyl (C=O) groups excluding carboxylic acids is 3. The Morgan fingerprint density at radius 1 is 0.880 bits per heavy atom. The number of nitrogens with one attached hydrogen (secondary N) is 1. The number of amides is 4. The second kappa shape index (κ2) is 6.36. The molecule has 1 aliphatic heterocycles. The van der Waals surface area contributed by atoms with Crippen LogP contribution in [0.25, 0.3) is 6.08 Å². The molecule has 1 aliphatic rings. The van der Waals surface area contributed by atoms with Crippen molar-refractivity contribution in [3.05, 3.63) is 70.3 Å². The molecule has 0 aromatic heterocycles. The summed E-state index contributed by atoms with van der Waals surface area (Å²) in [6.45, 7) is 5.74.